The van der Waals surface area contributed by atoms with Crippen LogP contribution in [0.3, 0.4) is 0 Å². The van der Waals surface area contributed by atoms with E-state index in [1.165, 1.54) is 0 Å². The summed E-state index contributed by atoms with van der Waals surface area (Å²) in [6.07, 6.45) is 0. The molecule has 5 nitrogen and oxygen atoms in total. The van der Waals surface area contributed by atoms with Gasteiger partial charge in [-0.15, -0.1) is 0 Å². The summed E-state index contributed by atoms with van der Waals surface area (Å²) in [6, 6.07) is 0. The van der Waals surface area contributed by atoms with Crippen molar-refractivity contribution in [2.24, 2.45) is 0 Å². The maximum atomic E-state index is 9.38. The van der Waals surface area contributed by atoms with Crippen molar-refractivity contribution in [1.29, 1.82) is 0 Å². The van der Waals surface area contributed by atoms with E-state index in [9.17, 15) is 4.57 Å². The molecule has 0 aromatic rings. The van der Waals surface area contributed by atoms with Crippen molar-refractivity contribution in [3.63, 3.8) is 0 Å². The third-order valence-corrected chi connectivity index (χ3v) is 0.400. The Kier molecular flexibility index (Phi) is 3.11. The molecule has 0 atom stereocenters. The van der Waals surface area contributed by atoms with Gasteiger partial charge in [0.2, 0.25) is 0 Å². The van der Waals surface area contributed by atoms with Crippen LogP contribution in [0.25, 0.3) is 0 Å². The van der Waals surface area contributed by atoms with E-state index in [2.05, 4.69) is 9.35 Å². The Morgan fingerprint density at radius 3 is 1.67 bits per heavy atom. The molecule has 0 radical (unpaired) electrons. The highest BCUT2D eigenvalue weighted by Crippen LogP contribution is 2.17. The predicted molar refractivity (Wildman–Crippen MR) is 15.0 cm³/mol. The monoisotopic (exact) mass is 113 g/mol. The molecule has 0 aliphatic carbocycles. The second-order valence-corrected chi connectivity index (χ2v) is 1.16. The summed E-state index contributed by atoms with van der Waals surface area (Å²) >= 11 is 0. The minimum Gasteiger partial charge on any atom is -0.202 e. The predicted octanol–water partition coefficient (Wildman–Crippen LogP) is 0.623. The van der Waals surface area contributed by atoms with Gasteiger partial charge in [0.25, 0.3) is 0 Å². The zero-order valence-electron chi connectivity index (χ0n) is 2.57. The van der Waals surface area contributed by atoms with Gasteiger partial charge < -0.3 is 0 Å². The van der Waals surface area contributed by atoms with Crippen LogP contribution in [-0.2, 0) is 13.9 Å². The van der Waals surface area contributed by atoms with E-state index in [1.807, 2.05) is 0 Å². The minimum atomic E-state index is -2.72. The van der Waals surface area contributed by atoms with Crippen molar-refractivity contribution in [2.75, 3.05) is 0 Å². The number of hydrogen-bond acceptors (Lipinski definition) is 5. The molecule has 36 valence electrons. The number of hydrogen-bond donors (Lipinski definition) is 2. The van der Waals surface area contributed by atoms with Crippen LogP contribution in [0.15, 0.2) is 0 Å². The smallest absolute Gasteiger partial charge is 0.202 e. The second-order valence-electron chi connectivity index (χ2n) is 0.387. The van der Waals surface area contributed by atoms with Crippen LogP contribution in [-0.4, -0.2) is 10.5 Å². The van der Waals surface area contributed by atoms with Crippen LogP contribution < -0.4 is 0 Å². The Morgan fingerprint density at radius 2 is 1.67 bits per heavy atom. The van der Waals surface area contributed by atoms with E-state index in [0.29, 0.717) is 0 Å². The summed E-state index contributed by atoms with van der Waals surface area (Å²) in [6.45, 7) is 0. The Labute approximate surface area is 33.9 Å². The van der Waals surface area contributed by atoms with E-state index in [1.54, 1.807) is 0 Å². The molecule has 0 fully saturated rings. The van der Waals surface area contributed by atoms with Crippen LogP contribution in [0.1, 0.15) is 0 Å². The molecule has 0 amide bonds. The summed E-state index contributed by atoms with van der Waals surface area (Å²) in [4.78, 5) is 0. The Bertz CT molecular complexity index is 41.9. The molecule has 0 aromatic heterocycles. The SMILES string of the molecule is O=[P+](OO)OO. The molecule has 0 spiro atoms. The minimum absolute atomic E-state index is 2.72. The molecule has 0 bridgehead atoms. The van der Waals surface area contributed by atoms with Crippen LogP contribution in [0.4, 0.5) is 0 Å². The van der Waals surface area contributed by atoms with Crippen molar-refractivity contribution in [3.8, 4) is 0 Å². The molecule has 0 aliphatic rings. The lowest BCUT2D eigenvalue weighted by Gasteiger charge is -1.62. The van der Waals surface area contributed by atoms with Gasteiger partial charge in [0, 0.05) is 4.57 Å². The lowest BCUT2D eigenvalue weighted by molar-refractivity contribution is -0.198. The van der Waals surface area contributed by atoms with Crippen molar-refractivity contribution in [2.45, 2.75) is 0 Å². The molecule has 0 unspecified atom stereocenters. The first-order chi connectivity index (χ1) is 2.81. The molecule has 0 aromatic carbocycles. The van der Waals surface area contributed by atoms with E-state index in [-0.39, 0.29) is 0 Å². The van der Waals surface area contributed by atoms with Gasteiger partial charge in [0.05, 0.1) is 9.35 Å². The van der Waals surface area contributed by atoms with E-state index in [0.717, 1.165) is 0 Å². The Balaban J connectivity index is 2.99. The highest BCUT2D eigenvalue weighted by Gasteiger charge is 2.17. The van der Waals surface area contributed by atoms with Crippen molar-refractivity contribution >= 4 is 8.25 Å². The maximum absolute atomic E-state index is 9.38. The summed E-state index contributed by atoms with van der Waals surface area (Å²) in [5.74, 6) is 0. The van der Waals surface area contributed by atoms with Gasteiger partial charge in [0.1, 0.15) is 0 Å². The molecule has 2 N–H and O–H groups in total. The van der Waals surface area contributed by atoms with Crippen molar-refractivity contribution in [1.82, 2.24) is 0 Å². The van der Waals surface area contributed by atoms with Crippen LogP contribution >= 0.6 is 8.25 Å². The van der Waals surface area contributed by atoms with Gasteiger partial charge in [-0.2, -0.15) is 0 Å². The highest BCUT2D eigenvalue weighted by molar-refractivity contribution is 7.32. The molecule has 0 rings (SSSR count). The normalized spacial score (nSPS) is 8.33. The van der Waals surface area contributed by atoms with E-state index >= 15 is 0 Å². The fraction of sp³-hybridized carbons (Fsp3) is 0. The summed E-state index contributed by atoms with van der Waals surface area (Å²) in [5.41, 5.74) is 0. The first-order valence-electron chi connectivity index (χ1n) is 0.913. The lowest BCUT2D eigenvalue weighted by atomic mass is 14.9. The van der Waals surface area contributed by atoms with Gasteiger partial charge in [-0.25, -0.2) is 10.5 Å². The molecule has 0 saturated heterocycles. The highest BCUT2D eigenvalue weighted by atomic mass is 31.1. The first-order valence-corrected chi connectivity index (χ1v) is 2.01. The quantitative estimate of drug-likeness (QED) is 0.312. The van der Waals surface area contributed by atoms with Crippen LogP contribution in [0.2, 0.25) is 0 Å². The molecule has 0 saturated carbocycles. The van der Waals surface area contributed by atoms with E-state index < -0.39 is 8.25 Å². The Morgan fingerprint density at radius 1 is 1.33 bits per heavy atom. The second kappa shape index (κ2) is 3.14. The average molecular weight is 113 g/mol. The van der Waals surface area contributed by atoms with Gasteiger partial charge in [-0.1, -0.05) is 0 Å². The zero-order chi connectivity index (χ0) is 4.99. The summed E-state index contributed by atoms with van der Waals surface area (Å²) in [5, 5.41) is 14.5. The summed E-state index contributed by atoms with van der Waals surface area (Å²) < 4.78 is 15.3. The molecule has 6 heteroatoms. The Hall–Kier alpha value is -0.0600. The fourth-order valence-electron chi connectivity index (χ4n) is 0.0149. The van der Waals surface area contributed by atoms with Crippen LogP contribution in [0.5, 0.6) is 0 Å². The zero-order valence-corrected chi connectivity index (χ0v) is 3.46. The van der Waals surface area contributed by atoms with Crippen molar-refractivity contribution < 1.29 is 24.4 Å². The van der Waals surface area contributed by atoms with Gasteiger partial charge in [-0.05, 0) is 0 Å². The van der Waals surface area contributed by atoms with Gasteiger partial charge in [-0.3, -0.25) is 0 Å². The lowest BCUT2D eigenvalue weighted by Crippen LogP contribution is -1.68. The number of rotatable bonds is 2. The third kappa shape index (κ3) is 2.19. The summed E-state index contributed by atoms with van der Waals surface area (Å²) in [7, 11) is -2.72. The molecular formula is H2O5P+. The topological polar surface area (TPSA) is 76.0 Å². The van der Waals surface area contributed by atoms with E-state index in [4.69, 9.17) is 10.5 Å². The molecular weight excluding hydrogens is 111 g/mol. The third-order valence-electron chi connectivity index (χ3n) is 0.133. The molecule has 6 heavy (non-hydrogen) atoms. The largest absolute Gasteiger partial charge is 0.759 e. The standard InChI is InChI=1S/HO5P/c1-4-6(3)5-2/h(H-,1,2)/p+1. The average Bonchev–Trinajstić information content (AvgIpc) is 1.65. The maximum Gasteiger partial charge on any atom is 0.759 e. The fourth-order valence-corrected chi connectivity index (χ4v) is 0.0447. The van der Waals surface area contributed by atoms with Crippen LogP contribution in [0, 0.1) is 0 Å². The van der Waals surface area contributed by atoms with Gasteiger partial charge in [0.15, 0.2) is 0 Å². The molecule has 0 heterocycles. The first kappa shape index (κ1) is 5.94. The molecule has 0 aliphatic heterocycles. The van der Waals surface area contributed by atoms with Gasteiger partial charge >= 0.3 is 8.25 Å². The van der Waals surface area contributed by atoms with Crippen molar-refractivity contribution in [3.05, 3.63) is 0 Å².